The third-order valence-electron chi connectivity index (χ3n) is 3.40. The Balaban J connectivity index is 1.79. The number of hydrogen-bond acceptors (Lipinski definition) is 2. The predicted molar refractivity (Wildman–Crippen MR) is 80.5 cm³/mol. The van der Waals surface area contributed by atoms with Crippen LogP contribution in [0, 0.1) is 16.5 Å². The predicted octanol–water partition coefficient (Wildman–Crippen LogP) is 3.13. The number of carbonyl (C=O) groups excluding carboxylic acids is 1. The maximum absolute atomic E-state index is 13.5. The van der Waals surface area contributed by atoms with Crippen molar-refractivity contribution in [1.29, 1.82) is 0 Å². The molecule has 0 saturated heterocycles. The monoisotopic (exact) mass is 357 g/mol. The molecule has 2 aromatic rings. The lowest BCUT2D eigenvalue weighted by Gasteiger charge is -2.07. The second-order valence-electron chi connectivity index (χ2n) is 4.93. The van der Waals surface area contributed by atoms with E-state index in [-0.39, 0.29) is 17.6 Å². The maximum Gasteiger partial charge on any atom is 0.223 e. The van der Waals surface area contributed by atoms with E-state index in [1.807, 2.05) is 4.57 Å². The van der Waals surface area contributed by atoms with Gasteiger partial charge in [0.15, 0.2) is 4.77 Å². The molecule has 0 unspecified atom stereocenters. The Morgan fingerprint density at radius 2 is 2.30 bits per heavy atom. The van der Waals surface area contributed by atoms with Gasteiger partial charge in [-0.1, -0.05) is 0 Å². The number of carbonyl (C=O) groups is 1. The second-order valence-corrected chi connectivity index (χ2v) is 6.17. The van der Waals surface area contributed by atoms with E-state index in [0.717, 1.165) is 18.4 Å². The Bertz CT molecular complexity index is 735. The highest BCUT2D eigenvalue weighted by atomic mass is 79.9. The molecule has 0 aliphatic heterocycles. The molecule has 7 heteroatoms. The fourth-order valence-electron chi connectivity index (χ4n) is 2.15. The quantitative estimate of drug-likeness (QED) is 0.826. The van der Waals surface area contributed by atoms with Crippen LogP contribution >= 0.6 is 28.1 Å². The third-order valence-corrected chi connectivity index (χ3v) is 4.33. The molecular weight excluding hydrogens is 345 g/mol. The Labute approximate surface area is 128 Å². The summed E-state index contributed by atoms with van der Waals surface area (Å²) < 4.78 is 16.3. The van der Waals surface area contributed by atoms with Gasteiger partial charge in [-0.05, 0) is 47.1 Å². The normalized spacial score (nSPS) is 14.7. The number of rotatable bonds is 4. The van der Waals surface area contributed by atoms with Crippen LogP contribution in [0.15, 0.2) is 16.6 Å². The van der Waals surface area contributed by atoms with E-state index in [9.17, 15) is 9.18 Å². The largest absolute Gasteiger partial charge is 0.354 e. The summed E-state index contributed by atoms with van der Waals surface area (Å²) in [4.78, 5) is 14.5. The van der Waals surface area contributed by atoms with Crippen LogP contribution < -0.4 is 5.32 Å². The molecule has 1 aromatic heterocycles. The molecule has 1 aromatic carbocycles. The zero-order valence-electron chi connectivity index (χ0n) is 10.6. The van der Waals surface area contributed by atoms with Gasteiger partial charge in [0.25, 0.3) is 0 Å². The van der Waals surface area contributed by atoms with Crippen LogP contribution in [-0.2, 0) is 11.3 Å². The molecule has 1 amide bonds. The van der Waals surface area contributed by atoms with Crippen LogP contribution in [0.25, 0.3) is 11.0 Å². The standard InChI is InChI=1S/C13H13BrFN3OS/c14-8-5-11-10(6-9(8)15)17-13(20)18(11)4-3-16-12(19)7-1-2-7/h5-7H,1-4H2,(H,16,19)(H,17,20). The molecule has 0 bridgehead atoms. The van der Waals surface area contributed by atoms with Crippen molar-refractivity contribution in [2.45, 2.75) is 19.4 Å². The van der Waals surface area contributed by atoms with Crippen molar-refractivity contribution in [1.82, 2.24) is 14.9 Å². The van der Waals surface area contributed by atoms with Crippen LogP contribution in [0.3, 0.4) is 0 Å². The van der Waals surface area contributed by atoms with E-state index in [0.29, 0.717) is 27.8 Å². The SMILES string of the molecule is O=C(NCCn1c(=S)[nH]c2cc(F)c(Br)cc21)C1CC1. The number of benzene rings is 1. The Morgan fingerprint density at radius 3 is 3.00 bits per heavy atom. The van der Waals surface area contributed by atoms with E-state index in [1.165, 1.54) is 6.07 Å². The average Bonchev–Trinajstić information content (AvgIpc) is 3.19. The summed E-state index contributed by atoms with van der Waals surface area (Å²) in [5, 5.41) is 2.90. The van der Waals surface area contributed by atoms with Crippen LogP contribution in [0.2, 0.25) is 0 Å². The number of hydrogen-bond donors (Lipinski definition) is 2. The maximum atomic E-state index is 13.5. The van der Waals surface area contributed by atoms with Crippen molar-refractivity contribution in [2.75, 3.05) is 6.54 Å². The number of amides is 1. The smallest absolute Gasteiger partial charge is 0.223 e. The van der Waals surface area contributed by atoms with Crippen molar-refractivity contribution in [3.8, 4) is 0 Å². The Hall–Kier alpha value is -1.21. The average molecular weight is 358 g/mol. The first-order valence-corrected chi connectivity index (χ1v) is 7.61. The fraction of sp³-hybridized carbons (Fsp3) is 0.385. The number of halogens is 2. The Morgan fingerprint density at radius 1 is 1.55 bits per heavy atom. The van der Waals surface area contributed by atoms with Gasteiger partial charge in [0.1, 0.15) is 5.82 Å². The molecule has 1 aliphatic carbocycles. The summed E-state index contributed by atoms with van der Waals surface area (Å²) in [6.07, 6.45) is 1.98. The molecule has 106 valence electrons. The summed E-state index contributed by atoms with van der Waals surface area (Å²) in [7, 11) is 0. The molecule has 0 spiro atoms. The lowest BCUT2D eigenvalue weighted by Crippen LogP contribution is -2.28. The summed E-state index contributed by atoms with van der Waals surface area (Å²) in [5.41, 5.74) is 1.48. The minimum absolute atomic E-state index is 0.114. The summed E-state index contributed by atoms with van der Waals surface area (Å²) in [6, 6.07) is 3.11. The lowest BCUT2D eigenvalue weighted by atomic mass is 10.3. The molecule has 0 radical (unpaired) electrons. The molecule has 20 heavy (non-hydrogen) atoms. The van der Waals surface area contributed by atoms with Gasteiger partial charge in [0.2, 0.25) is 5.91 Å². The van der Waals surface area contributed by atoms with Gasteiger partial charge < -0.3 is 14.9 Å². The minimum Gasteiger partial charge on any atom is -0.354 e. The van der Waals surface area contributed by atoms with Crippen molar-refractivity contribution >= 4 is 45.1 Å². The molecule has 1 saturated carbocycles. The van der Waals surface area contributed by atoms with E-state index >= 15 is 0 Å². The first kappa shape index (κ1) is 13.8. The highest BCUT2D eigenvalue weighted by Gasteiger charge is 2.29. The number of H-pyrrole nitrogens is 1. The van der Waals surface area contributed by atoms with Gasteiger partial charge in [-0.25, -0.2) is 4.39 Å². The van der Waals surface area contributed by atoms with Crippen molar-refractivity contribution in [3.63, 3.8) is 0 Å². The van der Waals surface area contributed by atoms with Gasteiger partial charge in [0, 0.05) is 25.1 Å². The van der Waals surface area contributed by atoms with Gasteiger partial charge in [-0.15, -0.1) is 0 Å². The van der Waals surface area contributed by atoms with Gasteiger partial charge in [-0.3, -0.25) is 4.79 Å². The van der Waals surface area contributed by atoms with Crippen LogP contribution in [-0.4, -0.2) is 22.0 Å². The number of imidazole rings is 1. The van der Waals surface area contributed by atoms with Gasteiger partial charge >= 0.3 is 0 Å². The van der Waals surface area contributed by atoms with E-state index in [2.05, 4.69) is 26.2 Å². The van der Waals surface area contributed by atoms with Crippen LogP contribution in [0.5, 0.6) is 0 Å². The van der Waals surface area contributed by atoms with Gasteiger partial charge in [0.05, 0.1) is 15.5 Å². The molecule has 0 atom stereocenters. The molecule has 2 N–H and O–H groups in total. The number of aromatic nitrogens is 2. The van der Waals surface area contributed by atoms with E-state index in [4.69, 9.17) is 12.2 Å². The van der Waals surface area contributed by atoms with Crippen LogP contribution in [0.1, 0.15) is 12.8 Å². The van der Waals surface area contributed by atoms with Crippen molar-refractivity contribution in [3.05, 3.63) is 27.2 Å². The fourth-order valence-corrected chi connectivity index (χ4v) is 2.79. The van der Waals surface area contributed by atoms with Gasteiger partial charge in [-0.2, -0.15) is 0 Å². The topological polar surface area (TPSA) is 49.8 Å². The third kappa shape index (κ3) is 2.64. The minimum atomic E-state index is -0.331. The first-order chi connectivity index (χ1) is 9.56. The first-order valence-electron chi connectivity index (χ1n) is 6.41. The Kier molecular flexibility index (Phi) is 3.64. The number of fused-ring (bicyclic) bond motifs is 1. The van der Waals surface area contributed by atoms with Crippen LogP contribution in [0.4, 0.5) is 4.39 Å². The molecular formula is C13H13BrFN3OS. The molecule has 3 rings (SSSR count). The highest BCUT2D eigenvalue weighted by molar-refractivity contribution is 9.10. The second kappa shape index (κ2) is 5.29. The molecule has 1 heterocycles. The number of nitrogens with zero attached hydrogens (tertiary/aromatic N) is 1. The lowest BCUT2D eigenvalue weighted by molar-refractivity contribution is -0.122. The summed E-state index contributed by atoms with van der Waals surface area (Å²) >= 11 is 8.41. The zero-order chi connectivity index (χ0) is 14.3. The van der Waals surface area contributed by atoms with E-state index < -0.39 is 0 Å². The van der Waals surface area contributed by atoms with Crippen molar-refractivity contribution < 1.29 is 9.18 Å². The van der Waals surface area contributed by atoms with Crippen molar-refractivity contribution in [2.24, 2.45) is 5.92 Å². The summed E-state index contributed by atoms with van der Waals surface area (Å²) in [5.74, 6) is -0.0132. The summed E-state index contributed by atoms with van der Waals surface area (Å²) in [6.45, 7) is 1.08. The molecule has 1 fully saturated rings. The molecule has 1 aliphatic rings. The highest BCUT2D eigenvalue weighted by Crippen LogP contribution is 2.28. The van der Waals surface area contributed by atoms with E-state index in [1.54, 1.807) is 6.07 Å². The number of nitrogens with one attached hydrogen (secondary N) is 2. The number of aromatic amines is 1. The molecule has 4 nitrogen and oxygen atoms in total. The zero-order valence-corrected chi connectivity index (χ0v) is 13.0.